The number of nitrogens with one attached hydrogen (secondary N) is 2. The number of hydrogen-bond acceptors (Lipinski definition) is 2. The number of carbonyl (C=O) groups is 2. The van der Waals surface area contributed by atoms with Crippen molar-refractivity contribution in [2.75, 3.05) is 12.4 Å². The Morgan fingerprint density at radius 3 is 2.88 bits per heavy atom. The molecule has 2 N–H and O–H groups in total. The highest BCUT2D eigenvalue weighted by molar-refractivity contribution is 5.99. The molecule has 1 aromatic heterocycles. The lowest BCUT2D eigenvalue weighted by Gasteiger charge is -2.25. The van der Waals surface area contributed by atoms with Gasteiger partial charge < -0.3 is 15.2 Å². The average molecular weight is 351 g/mol. The van der Waals surface area contributed by atoms with Gasteiger partial charge in [-0.3, -0.25) is 9.59 Å². The van der Waals surface area contributed by atoms with Crippen LogP contribution in [0.3, 0.4) is 0 Å². The summed E-state index contributed by atoms with van der Waals surface area (Å²) in [6.45, 7) is 0. The fourth-order valence-electron chi connectivity index (χ4n) is 3.62. The highest BCUT2D eigenvalue weighted by Crippen LogP contribution is 2.38. The van der Waals surface area contributed by atoms with Crippen molar-refractivity contribution in [3.05, 3.63) is 66.1 Å². The van der Waals surface area contributed by atoms with Gasteiger partial charge >= 0.3 is 0 Å². The van der Waals surface area contributed by atoms with Gasteiger partial charge in [0.1, 0.15) is 5.82 Å². The van der Waals surface area contributed by atoms with Gasteiger partial charge in [0.25, 0.3) is 0 Å². The summed E-state index contributed by atoms with van der Waals surface area (Å²) in [4.78, 5) is 29.7. The first-order chi connectivity index (χ1) is 12.5. The van der Waals surface area contributed by atoms with Crippen molar-refractivity contribution in [1.82, 2.24) is 9.88 Å². The number of H-pyrrole nitrogens is 1. The molecule has 1 saturated heterocycles. The molecule has 1 fully saturated rings. The van der Waals surface area contributed by atoms with E-state index in [1.54, 1.807) is 19.2 Å². The van der Waals surface area contributed by atoms with Crippen LogP contribution in [0.1, 0.15) is 18.0 Å². The molecule has 0 bridgehead atoms. The standard InChI is InChI=1S/C20H18FN3O2/c1-24-18(25)11-16(19(24)13-3-2-4-14(21)9-13)20(26)23-15-5-6-17-12(10-15)7-8-22-17/h2-10,16,19,22H,11H2,1H3,(H,23,26)/t16-,19-/m0/s1. The van der Waals surface area contributed by atoms with E-state index >= 15 is 0 Å². The number of anilines is 1. The van der Waals surface area contributed by atoms with Crippen LogP contribution >= 0.6 is 0 Å². The molecule has 2 atom stereocenters. The van der Waals surface area contributed by atoms with Crippen molar-refractivity contribution < 1.29 is 14.0 Å². The van der Waals surface area contributed by atoms with E-state index in [0.717, 1.165) is 10.9 Å². The van der Waals surface area contributed by atoms with E-state index in [2.05, 4.69) is 10.3 Å². The zero-order valence-electron chi connectivity index (χ0n) is 14.2. The van der Waals surface area contributed by atoms with Crippen molar-refractivity contribution in [2.24, 2.45) is 5.92 Å². The van der Waals surface area contributed by atoms with Crippen molar-refractivity contribution in [1.29, 1.82) is 0 Å². The highest BCUT2D eigenvalue weighted by atomic mass is 19.1. The lowest BCUT2D eigenvalue weighted by Crippen LogP contribution is -2.30. The molecule has 26 heavy (non-hydrogen) atoms. The number of aromatic nitrogens is 1. The van der Waals surface area contributed by atoms with Crippen LogP contribution in [0.5, 0.6) is 0 Å². The molecule has 6 heteroatoms. The monoisotopic (exact) mass is 351 g/mol. The third-order valence-electron chi connectivity index (χ3n) is 4.93. The maximum Gasteiger partial charge on any atom is 0.230 e. The van der Waals surface area contributed by atoms with Gasteiger partial charge in [-0.2, -0.15) is 0 Å². The zero-order chi connectivity index (χ0) is 18.3. The van der Waals surface area contributed by atoms with Gasteiger partial charge in [0.2, 0.25) is 11.8 Å². The predicted molar refractivity (Wildman–Crippen MR) is 96.9 cm³/mol. The van der Waals surface area contributed by atoms with Crippen LogP contribution in [0.4, 0.5) is 10.1 Å². The topological polar surface area (TPSA) is 65.2 Å². The Morgan fingerprint density at radius 2 is 2.08 bits per heavy atom. The molecule has 5 nitrogen and oxygen atoms in total. The third-order valence-corrected chi connectivity index (χ3v) is 4.93. The molecule has 4 rings (SSSR count). The molecule has 3 aromatic rings. The second-order valence-corrected chi connectivity index (χ2v) is 6.58. The van der Waals surface area contributed by atoms with Crippen LogP contribution in [0.2, 0.25) is 0 Å². The van der Waals surface area contributed by atoms with Crippen LogP contribution in [0.15, 0.2) is 54.7 Å². The summed E-state index contributed by atoms with van der Waals surface area (Å²) in [5.74, 6) is -1.32. The molecule has 0 saturated carbocycles. The van der Waals surface area contributed by atoms with E-state index in [9.17, 15) is 14.0 Å². The second-order valence-electron chi connectivity index (χ2n) is 6.58. The lowest BCUT2D eigenvalue weighted by molar-refractivity contribution is -0.128. The number of hydrogen-bond donors (Lipinski definition) is 2. The Morgan fingerprint density at radius 1 is 1.23 bits per heavy atom. The van der Waals surface area contributed by atoms with Gasteiger partial charge in [-0.05, 0) is 42.0 Å². The minimum Gasteiger partial charge on any atom is -0.361 e. The summed E-state index contributed by atoms with van der Waals surface area (Å²) in [7, 11) is 1.65. The van der Waals surface area contributed by atoms with Crippen molar-refractivity contribution >= 4 is 28.4 Å². The minimum atomic E-state index is -0.573. The second kappa shape index (κ2) is 6.29. The number of aromatic amines is 1. The SMILES string of the molecule is CN1C(=O)C[C@H](C(=O)Nc2ccc3[nH]ccc3c2)[C@@H]1c1cccc(F)c1. The molecule has 0 aliphatic carbocycles. The summed E-state index contributed by atoms with van der Waals surface area (Å²) < 4.78 is 13.6. The van der Waals surface area contributed by atoms with Crippen molar-refractivity contribution in [3.8, 4) is 0 Å². The fraction of sp³-hybridized carbons (Fsp3) is 0.200. The van der Waals surface area contributed by atoms with Gasteiger partial charge in [0.05, 0.1) is 12.0 Å². The largest absolute Gasteiger partial charge is 0.361 e. The molecule has 2 amide bonds. The molecule has 0 spiro atoms. The summed E-state index contributed by atoms with van der Waals surface area (Å²) in [6, 6.07) is 13.1. The molecule has 1 aliphatic heterocycles. The molecule has 1 aliphatic rings. The minimum absolute atomic E-state index is 0.107. The van der Waals surface area contributed by atoms with Gasteiger partial charge in [0, 0.05) is 36.3 Å². The Balaban J connectivity index is 1.61. The van der Waals surface area contributed by atoms with Gasteiger partial charge in [0.15, 0.2) is 0 Å². The summed E-state index contributed by atoms with van der Waals surface area (Å²) in [5.41, 5.74) is 2.28. The molecule has 0 unspecified atom stereocenters. The number of likely N-dealkylation sites (tertiary alicyclic amines) is 1. The first-order valence-corrected chi connectivity index (χ1v) is 8.42. The quantitative estimate of drug-likeness (QED) is 0.759. The van der Waals surface area contributed by atoms with Crippen LogP contribution in [-0.4, -0.2) is 28.7 Å². The number of benzene rings is 2. The Bertz CT molecular complexity index is 997. The first-order valence-electron chi connectivity index (χ1n) is 8.42. The maximum absolute atomic E-state index is 13.6. The number of amides is 2. The van der Waals surface area contributed by atoms with E-state index < -0.39 is 12.0 Å². The van der Waals surface area contributed by atoms with E-state index in [0.29, 0.717) is 11.3 Å². The lowest BCUT2D eigenvalue weighted by atomic mass is 9.92. The number of rotatable bonds is 3. The smallest absolute Gasteiger partial charge is 0.230 e. The normalized spacial score (nSPS) is 19.9. The predicted octanol–water partition coefficient (Wildman–Crippen LogP) is 3.47. The van der Waals surface area contributed by atoms with Crippen LogP contribution < -0.4 is 5.32 Å². The molecular weight excluding hydrogens is 333 g/mol. The van der Waals surface area contributed by atoms with Crippen LogP contribution in [0.25, 0.3) is 10.9 Å². The number of nitrogens with zero attached hydrogens (tertiary/aromatic N) is 1. The molecule has 132 valence electrons. The number of carbonyl (C=O) groups excluding carboxylic acids is 2. The summed E-state index contributed by atoms with van der Waals surface area (Å²) >= 11 is 0. The Hall–Kier alpha value is -3.15. The van der Waals surface area contributed by atoms with Gasteiger partial charge in [-0.25, -0.2) is 4.39 Å². The third kappa shape index (κ3) is 2.83. The first kappa shape index (κ1) is 16.3. The Kier molecular flexibility index (Phi) is 3.95. The fourth-order valence-corrected chi connectivity index (χ4v) is 3.62. The van der Waals surface area contributed by atoms with E-state index in [-0.39, 0.29) is 24.1 Å². The van der Waals surface area contributed by atoms with E-state index in [1.165, 1.54) is 17.0 Å². The van der Waals surface area contributed by atoms with Gasteiger partial charge in [-0.1, -0.05) is 12.1 Å². The molecule has 2 heterocycles. The molecule has 0 radical (unpaired) electrons. The summed E-state index contributed by atoms with van der Waals surface area (Å²) in [6.07, 6.45) is 1.94. The number of fused-ring (bicyclic) bond motifs is 1. The van der Waals surface area contributed by atoms with Crippen molar-refractivity contribution in [2.45, 2.75) is 12.5 Å². The van der Waals surface area contributed by atoms with Gasteiger partial charge in [-0.15, -0.1) is 0 Å². The highest BCUT2D eigenvalue weighted by Gasteiger charge is 2.42. The van der Waals surface area contributed by atoms with E-state index in [1.807, 2.05) is 30.5 Å². The molecular formula is C20H18FN3O2. The van der Waals surface area contributed by atoms with Crippen LogP contribution in [-0.2, 0) is 9.59 Å². The molecule has 2 aromatic carbocycles. The number of halogens is 1. The average Bonchev–Trinajstić information content (AvgIpc) is 3.19. The maximum atomic E-state index is 13.6. The summed E-state index contributed by atoms with van der Waals surface area (Å²) in [5, 5.41) is 3.89. The van der Waals surface area contributed by atoms with Crippen molar-refractivity contribution in [3.63, 3.8) is 0 Å². The van der Waals surface area contributed by atoms with Crippen LogP contribution in [0, 0.1) is 11.7 Å². The zero-order valence-corrected chi connectivity index (χ0v) is 14.2. The van der Waals surface area contributed by atoms with E-state index in [4.69, 9.17) is 0 Å². The Labute approximate surface area is 149 Å².